The molecule has 1 fully saturated rings. The third-order valence-corrected chi connectivity index (χ3v) is 7.04. The second-order valence-corrected chi connectivity index (χ2v) is 9.84. The van der Waals surface area contributed by atoms with Gasteiger partial charge in [-0.25, -0.2) is 17.5 Å². The smallest absolute Gasteiger partial charge is 0.332 e. The Balaban J connectivity index is 2.05. The molecular weight excluding hydrogens is 410 g/mol. The van der Waals surface area contributed by atoms with Gasteiger partial charge in [-0.05, 0) is 37.5 Å². The number of anilines is 1. The highest BCUT2D eigenvalue weighted by atomic mass is 32.2. The molecule has 0 saturated heterocycles. The predicted molar refractivity (Wildman–Crippen MR) is 111 cm³/mol. The number of aryl methyl sites for hydroxylation is 1. The van der Waals surface area contributed by atoms with Crippen molar-refractivity contribution in [2.24, 2.45) is 0 Å². The van der Waals surface area contributed by atoms with Crippen LogP contribution in [-0.2, 0) is 29.1 Å². The first kappa shape index (κ1) is 23.8. The van der Waals surface area contributed by atoms with Crippen molar-refractivity contribution in [2.45, 2.75) is 56.4 Å². The molecule has 0 spiro atoms. The van der Waals surface area contributed by atoms with Crippen LogP contribution >= 0.6 is 0 Å². The minimum absolute atomic E-state index is 0.0779. The van der Waals surface area contributed by atoms with Gasteiger partial charge in [0.25, 0.3) is 5.91 Å². The molecule has 0 heterocycles. The Morgan fingerprint density at radius 1 is 1.13 bits per heavy atom. The van der Waals surface area contributed by atoms with E-state index in [2.05, 4.69) is 10.6 Å². The van der Waals surface area contributed by atoms with Crippen LogP contribution in [0.15, 0.2) is 23.1 Å². The highest BCUT2D eigenvalue weighted by Crippen LogP contribution is 2.29. The van der Waals surface area contributed by atoms with Gasteiger partial charge >= 0.3 is 5.97 Å². The van der Waals surface area contributed by atoms with Crippen molar-refractivity contribution in [1.29, 1.82) is 0 Å². The van der Waals surface area contributed by atoms with Gasteiger partial charge in [-0.2, -0.15) is 0 Å². The largest absolute Gasteiger partial charge is 0.454 e. The fourth-order valence-corrected chi connectivity index (χ4v) is 4.64. The number of carbonyl (C=O) groups excluding carboxylic acids is 3. The van der Waals surface area contributed by atoms with E-state index < -0.39 is 34.0 Å². The highest BCUT2D eigenvalue weighted by molar-refractivity contribution is 7.89. The maximum absolute atomic E-state index is 12.6. The van der Waals surface area contributed by atoms with Gasteiger partial charge in [0.2, 0.25) is 15.9 Å². The molecule has 30 heavy (non-hydrogen) atoms. The van der Waals surface area contributed by atoms with E-state index in [0.29, 0.717) is 18.4 Å². The first-order valence-electron chi connectivity index (χ1n) is 9.77. The van der Waals surface area contributed by atoms with Crippen LogP contribution in [0, 0.1) is 6.92 Å². The van der Waals surface area contributed by atoms with E-state index in [1.54, 1.807) is 19.1 Å². The Bertz CT molecular complexity index is 920. The summed E-state index contributed by atoms with van der Waals surface area (Å²) >= 11 is 0. The summed E-state index contributed by atoms with van der Waals surface area (Å²) in [5.74, 6) is -1.56. The lowest BCUT2D eigenvalue weighted by molar-refractivity contribution is -0.157. The lowest BCUT2D eigenvalue weighted by atomic mass is 9.81. The highest BCUT2D eigenvalue weighted by Gasteiger charge is 2.42. The second kappa shape index (κ2) is 9.57. The van der Waals surface area contributed by atoms with Crippen LogP contribution in [0.1, 0.15) is 44.6 Å². The summed E-state index contributed by atoms with van der Waals surface area (Å²) in [5, 5.41) is 5.24. The van der Waals surface area contributed by atoms with Crippen LogP contribution in [0.3, 0.4) is 0 Å². The number of amides is 2. The van der Waals surface area contributed by atoms with Crippen molar-refractivity contribution in [2.75, 3.05) is 26.0 Å². The first-order chi connectivity index (χ1) is 14.0. The molecule has 0 atom stereocenters. The number of nitrogens with one attached hydrogen (secondary N) is 2. The van der Waals surface area contributed by atoms with Crippen LogP contribution < -0.4 is 10.6 Å². The minimum Gasteiger partial charge on any atom is -0.454 e. The predicted octanol–water partition coefficient (Wildman–Crippen LogP) is 1.57. The molecule has 166 valence electrons. The Morgan fingerprint density at radius 2 is 1.77 bits per heavy atom. The van der Waals surface area contributed by atoms with Gasteiger partial charge in [0.15, 0.2) is 6.61 Å². The van der Waals surface area contributed by atoms with E-state index in [1.807, 2.05) is 0 Å². The summed E-state index contributed by atoms with van der Waals surface area (Å²) in [6, 6.07) is 4.53. The van der Waals surface area contributed by atoms with E-state index in [0.717, 1.165) is 23.6 Å². The molecule has 10 heteroatoms. The lowest BCUT2D eigenvalue weighted by Crippen LogP contribution is -2.56. The van der Waals surface area contributed by atoms with Crippen LogP contribution in [0.25, 0.3) is 0 Å². The Labute approximate surface area is 177 Å². The molecule has 0 radical (unpaired) electrons. The number of hydrogen-bond donors (Lipinski definition) is 2. The topological polar surface area (TPSA) is 122 Å². The summed E-state index contributed by atoms with van der Waals surface area (Å²) in [7, 11) is -0.817. The van der Waals surface area contributed by atoms with Crippen LogP contribution in [0.2, 0.25) is 0 Å². The van der Waals surface area contributed by atoms with Gasteiger partial charge in [-0.1, -0.05) is 25.3 Å². The molecule has 2 amide bonds. The Morgan fingerprint density at radius 3 is 2.33 bits per heavy atom. The molecule has 0 unspecified atom stereocenters. The second-order valence-electron chi connectivity index (χ2n) is 7.72. The molecule has 1 aliphatic carbocycles. The van der Waals surface area contributed by atoms with Gasteiger partial charge in [0, 0.05) is 26.7 Å². The van der Waals surface area contributed by atoms with Gasteiger partial charge in [-0.15, -0.1) is 0 Å². The third-order valence-electron chi connectivity index (χ3n) is 5.08. The molecule has 9 nitrogen and oxygen atoms in total. The normalized spacial score (nSPS) is 16.0. The number of hydrogen-bond acceptors (Lipinski definition) is 6. The van der Waals surface area contributed by atoms with Gasteiger partial charge in [0.1, 0.15) is 5.54 Å². The number of sulfonamides is 1. The fourth-order valence-electron chi connectivity index (χ4n) is 3.49. The van der Waals surface area contributed by atoms with E-state index in [4.69, 9.17) is 4.74 Å². The monoisotopic (exact) mass is 439 g/mol. The number of benzene rings is 1. The average Bonchev–Trinajstić information content (AvgIpc) is 2.67. The number of carbonyl (C=O) groups is 3. The van der Waals surface area contributed by atoms with Crippen molar-refractivity contribution >= 4 is 33.5 Å². The summed E-state index contributed by atoms with van der Waals surface area (Å²) < 4.78 is 31.1. The molecule has 1 aromatic rings. The zero-order chi connectivity index (χ0) is 22.5. The molecule has 0 bridgehead atoms. The van der Waals surface area contributed by atoms with Crippen molar-refractivity contribution < 1.29 is 27.5 Å². The van der Waals surface area contributed by atoms with E-state index >= 15 is 0 Å². The standard InChI is InChI=1S/C20H29N3O6S/c1-14-8-9-16(12-17(14)30(27,28)23(3)4)21-18(25)13-29-19(26)20(22-15(2)24)10-6-5-7-11-20/h8-9,12H,5-7,10-11,13H2,1-4H3,(H,21,25)(H,22,24). The molecule has 0 aromatic heterocycles. The molecule has 0 aliphatic heterocycles. The van der Waals surface area contributed by atoms with Crippen molar-refractivity contribution in [3.63, 3.8) is 0 Å². The van der Waals surface area contributed by atoms with Gasteiger partial charge < -0.3 is 15.4 Å². The van der Waals surface area contributed by atoms with Crippen molar-refractivity contribution in [3.05, 3.63) is 23.8 Å². The maximum atomic E-state index is 12.6. The summed E-state index contributed by atoms with van der Waals surface area (Å²) in [6.45, 7) is 2.46. The van der Waals surface area contributed by atoms with Crippen molar-refractivity contribution in [1.82, 2.24) is 9.62 Å². The molecule has 1 saturated carbocycles. The zero-order valence-electron chi connectivity index (χ0n) is 17.8. The number of nitrogens with zero attached hydrogens (tertiary/aromatic N) is 1. The van der Waals surface area contributed by atoms with E-state index in [-0.39, 0.29) is 16.5 Å². The SMILES string of the molecule is CC(=O)NC1(C(=O)OCC(=O)Nc2ccc(C)c(S(=O)(=O)N(C)C)c2)CCCCC1. The molecule has 1 aromatic carbocycles. The lowest BCUT2D eigenvalue weighted by Gasteiger charge is -2.35. The first-order valence-corrected chi connectivity index (χ1v) is 11.2. The zero-order valence-corrected chi connectivity index (χ0v) is 18.6. The van der Waals surface area contributed by atoms with Crippen LogP contribution in [0.4, 0.5) is 5.69 Å². The van der Waals surface area contributed by atoms with Crippen LogP contribution in [-0.4, -0.2) is 56.7 Å². The van der Waals surface area contributed by atoms with E-state index in [1.165, 1.54) is 27.1 Å². The molecular formula is C20H29N3O6S. The minimum atomic E-state index is -3.67. The molecule has 2 N–H and O–H groups in total. The third kappa shape index (κ3) is 5.57. The van der Waals surface area contributed by atoms with E-state index in [9.17, 15) is 22.8 Å². The summed E-state index contributed by atoms with van der Waals surface area (Å²) in [4.78, 5) is 36.5. The molecule has 2 rings (SSSR count). The average molecular weight is 440 g/mol. The summed E-state index contributed by atoms with van der Waals surface area (Å²) in [6.07, 6.45) is 3.48. The van der Waals surface area contributed by atoms with Gasteiger partial charge in [-0.3, -0.25) is 9.59 Å². The number of rotatable bonds is 7. The Kier molecular flexibility index (Phi) is 7.59. The molecule has 1 aliphatic rings. The Hall–Kier alpha value is -2.46. The number of ether oxygens (including phenoxy) is 1. The fraction of sp³-hybridized carbons (Fsp3) is 0.550. The van der Waals surface area contributed by atoms with Crippen LogP contribution in [0.5, 0.6) is 0 Å². The quantitative estimate of drug-likeness (QED) is 0.622. The maximum Gasteiger partial charge on any atom is 0.332 e. The van der Waals surface area contributed by atoms with Gasteiger partial charge in [0.05, 0.1) is 4.90 Å². The number of esters is 1. The summed E-state index contributed by atoms with van der Waals surface area (Å²) in [5.41, 5.74) is -0.278. The van der Waals surface area contributed by atoms with Crippen molar-refractivity contribution in [3.8, 4) is 0 Å².